The van der Waals surface area contributed by atoms with Gasteiger partial charge in [-0.15, -0.1) is 0 Å². The minimum Gasteiger partial charge on any atom is -0.361 e. The second-order valence-corrected chi connectivity index (χ2v) is 8.82. The lowest BCUT2D eigenvalue weighted by Crippen LogP contribution is -2.29. The fourth-order valence-electron chi connectivity index (χ4n) is 4.19. The number of hydrogen-bond acceptors (Lipinski definition) is 4. The van der Waals surface area contributed by atoms with Crippen LogP contribution in [0.1, 0.15) is 50.7 Å². The van der Waals surface area contributed by atoms with E-state index < -0.39 is 0 Å². The van der Waals surface area contributed by atoms with Gasteiger partial charge in [-0.3, -0.25) is 8.97 Å². The van der Waals surface area contributed by atoms with Crippen molar-refractivity contribution in [3.63, 3.8) is 0 Å². The first-order chi connectivity index (χ1) is 14.8. The summed E-state index contributed by atoms with van der Waals surface area (Å²) < 4.78 is 4.13. The molecule has 1 aromatic carbocycles. The largest absolute Gasteiger partial charge is 0.361 e. The molecule has 0 radical (unpaired) electrons. The summed E-state index contributed by atoms with van der Waals surface area (Å²) >= 11 is 0. The number of fused-ring (bicyclic) bond motifs is 2. The highest BCUT2D eigenvalue weighted by Gasteiger charge is 2.26. The van der Waals surface area contributed by atoms with Crippen LogP contribution in [-0.2, 0) is 5.54 Å². The van der Waals surface area contributed by atoms with Gasteiger partial charge in [-0.2, -0.15) is 0 Å². The van der Waals surface area contributed by atoms with E-state index in [9.17, 15) is 0 Å². The highest BCUT2D eigenvalue weighted by Crippen LogP contribution is 2.33. The van der Waals surface area contributed by atoms with Crippen molar-refractivity contribution in [3.05, 3.63) is 72.3 Å². The number of hydrogen-bond donors (Lipinski definition) is 2. The number of benzene rings is 1. The van der Waals surface area contributed by atoms with Crippen molar-refractivity contribution in [1.29, 1.82) is 0 Å². The number of H-pyrrole nitrogens is 1. The van der Waals surface area contributed by atoms with Crippen LogP contribution in [-0.4, -0.2) is 28.9 Å². The molecule has 0 aliphatic rings. The number of aryl methyl sites for hydroxylation is 1. The van der Waals surface area contributed by atoms with Gasteiger partial charge in [0.15, 0.2) is 17.3 Å². The van der Waals surface area contributed by atoms with E-state index in [1.54, 1.807) is 6.20 Å². The smallest absolute Gasteiger partial charge is 0.180 e. The van der Waals surface area contributed by atoms with E-state index in [2.05, 4.69) is 71.8 Å². The molecule has 5 rings (SSSR count). The zero-order valence-electron chi connectivity index (χ0n) is 18.5. The zero-order valence-corrected chi connectivity index (χ0v) is 18.5. The number of aromatic amines is 1. The minimum atomic E-state index is -0.375. The number of anilines is 1. The molecule has 4 aromatic heterocycles. The molecular formula is C24H27N7. The van der Waals surface area contributed by atoms with Gasteiger partial charge < -0.3 is 10.3 Å². The van der Waals surface area contributed by atoms with Gasteiger partial charge in [-0.25, -0.2) is 15.0 Å². The van der Waals surface area contributed by atoms with Gasteiger partial charge in [0.1, 0.15) is 5.82 Å². The molecule has 0 saturated heterocycles. The van der Waals surface area contributed by atoms with Gasteiger partial charge in [-0.1, -0.05) is 32.0 Å². The Morgan fingerprint density at radius 2 is 1.94 bits per heavy atom. The zero-order chi connectivity index (χ0) is 21.8. The lowest BCUT2D eigenvalue weighted by atomic mass is 9.94. The summed E-state index contributed by atoms with van der Waals surface area (Å²) in [7, 11) is 0. The van der Waals surface area contributed by atoms with Crippen LogP contribution in [0.25, 0.3) is 22.4 Å². The van der Waals surface area contributed by atoms with E-state index in [1.165, 1.54) is 10.9 Å². The lowest BCUT2D eigenvalue weighted by Gasteiger charge is -2.27. The molecule has 0 amide bonds. The van der Waals surface area contributed by atoms with Crippen molar-refractivity contribution < 1.29 is 0 Å². The van der Waals surface area contributed by atoms with E-state index in [-0.39, 0.29) is 5.54 Å². The minimum absolute atomic E-state index is 0.337. The summed E-state index contributed by atoms with van der Waals surface area (Å²) in [6.07, 6.45) is 9.78. The Kier molecular flexibility index (Phi) is 4.36. The summed E-state index contributed by atoms with van der Waals surface area (Å²) in [5.74, 6) is 2.77. The van der Waals surface area contributed by atoms with E-state index in [0.29, 0.717) is 5.92 Å². The first kappa shape index (κ1) is 19.4. The van der Waals surface area contributed by atoms with Crippen LogP contribution >= 0.6 is 0 Å². The van der Waals surface area contributed by atoms with Gasteiger partial charge >= 0.3 is 0 Å². The van der Waals surface area contributed by atoms with Crippen molar-refractivity contribution in [2.24, 2.45) is 0 Å². The molecule has 158 valence electrons. The molecule has 0 atom stereocenters. The van der Waals surface area contributed by atoms with Crippen LogP contribution in [0.4, 0.5) is 5.82 Å². The SMILES string of the molecule is Cc1nccn1-c1cn2c(C(C)C)cnc2c(NC(C)(C)c2c[nH]c3ccccc23)n1. The molecule has 7 nitrogen and oxygen atoms in total. The summed E-state index contributed by atoms with van der Waals surface area (Å²) in [5.41, 5.74) is 3.89. The predicted octanol–water partition coefficient (Wildman–Crippen LogP) is 5.18. The Bertz CT molecular complexity index is 1380. The van der Waals surface area contributed by atoms with Crippen molar-refractivity contribution >= 4 is 22.4 Å². The third-order valence-corrected chi connectivity index (χ3v) is 5.87. The summed E-state index contributed by atoms with van der Waals surface area (Å²) in [6.45, 7) is 10.7. The molecule has 4 heterocycles. The topological polar surface area (TPSA) is 75.8 Å². The number of nitrogens with one attached hydrogen (secondary N) is 2. The third kappa shape index (κ3) is 3.17. The normalized spacial score (nSPS) is 12.3. The molecule has 0 saturated carbocycles. The van der Waals surface area contributed by atoms with Gasteiger partial charge in [0.2, 0.25) is 0 Å². The molecule has 0 fully saturated rings. The molecule has 0 unspecified atom stereocenters. The highest BCUT2D eigenvalue weighted by molar-refractivity contribution is 5.84. The second-order valence-electron chi connectivity index (χ2n) is 8.82. The number of nitrogens with zero attached hydrogens (tertiary/aromatic N) is 5. The Balaban J connectivity index is 1.67. The number of rotatable bonds is 5. The quantitative estimate of drug-likeness (QED) is 0.416. The fraction of sp³-hybridized carbons (Fsp3) is 0.292. The van der Waals surface area contributed by atoms with Crippen LogP contribution in [0.3, 0.4) is 0 Å². The highest BCUT2D eigenvalue weighted by atomic mass is 15.2. The van der Waals surface area contributed by atoms with E-state index in [1.807, 2.05) is 36.1 Å². The molecule has 31 heavy (non-hydrogen) atoms. The van der Waals surface area contributed by atoms with Crippen molar-refractivity contribution in [2.75, 3.05) is 5.32 Å². The Morgan fingerprint density at radius 3 is 2.68 bits per heavy atom. The van der Waals surface area contributed by atoms with E-state index >= 15 is 0 Å². The van der Waals surface area contributed by atoms with Gasteiger partial charge in [-0.05, 0) is 32.8 Å². The maximum absolute atomic E-state index is 4.97. The summed E-state index contributed by atoms with van der Waals surface area (Å²) in [5, 5.41) is 4.88. The van der Waals surface area contributed by atoms with Gasteiger partial charge in [0, 0.05) is 46.9 Å². The first-order valence-corrected chi connectivity index (χ1v) is 10.6. The Labute approximate surface area is 181 Å². The maximum Gasteiger partial charge on any atom is 0.180 e. The molecule has 0 spiro atoms. The standard InChI is InChI=1S/C24H27N7/c1-15(2)20-13-27-23-22(28-21(14-31(20)23)30-11-10-25-16(30)3)29-24(4,5)18-12-26-19-9-7-6-8-17(18)19/h6-15,26H,1-5H3,(H,28,29). The molecule has 5 aromatic rings. The lowest BCUT2D eigenvalue weighted by molar-refractivity contribution is 0.611. The van der Waals surface area contributed by atoms with E-state index in [0.717, 1.165) is 34.3 Å². The average Bonchev–Trinajstić information content (AvgIpc) is 3.45. The maximum atomic E-state index is 4.97. The fourth-order valence-corrected chi connectivity index (χ4v) is 4.19. The number of aromatic nitrogens is 6. The van der Waals surface area contributed by atoms with Crippen LogP contribution < -0.4 is 5.32 Å². The Hall–Kier alpha value is -3.61. The van der Waals surface area contributed by atoms with Crippen LogP contribution in [0.15, 0.2) is 55.2 Å². The first-order valence-electron chi connectivity index (χ1n) is 10.6. The summed E-state index contributed by atoms with van der Waals surface area (Å²) in [6, 6.07) is 8.35. The molecule has 0 aliphatic heterocycles. The monoisotopic (exact) mass is 413 g/mol. The van der Waals surface area contributed by atoms with Gasteiger partial charge in [0.05, 0.1) is 11.7 Å². The molecule has 7 heteroatoms. The van der Waals surface area contributed by atoms with Gasteiger partial charge in [0.25, 0.3) is 0 Å². The predicted molar refractivity (Wildman–Crippen MR) is 124 cm³/mol. The molecular weight excluding hydrogens is 386 g/mol. The van der Waals surface area contributed by atoms with Crippen molar-refractivity contribution in [3.8, 4) is 5.82 Å². The average molecular weight is 414 g/mol. The third-order valence-electron chi connectivity index (χ3n) is 5.87. The molecule has 0 aliphatic carbocycles. The summed E-state index contributed by atoms with van der Waals surface area (Å²) in [4.78, 5) is 17.4. The second kappa shape index (κ2) is 6.97. The molecule has 2 N–H and O–H groups in total. The van der Waals surface area contributed by atoms with Crippen molar-refractivity contribution in [2.45, 2.75) is 46.1 Å². The number of imidazole rings is 2. The van der Waals surface area contributed by atoms with Crippen LogP contribution in [0, 0.1) is 6.92 Å². The van der Waals surface area contributed by atoms with Crippen molar-refractivity contribution in [1.82, 2.24) is 28.9 Å². The van der Waals surface area contributed by atoms with Crippen LogP contribution in [0.5, 0.6) is 0 Å². The van der Waals surface area contributed by atoms with Crippen LogP contribution in [0.2, 0.25) is 0 Å². The number of para-hydroxylation sites is 1. The molecule has 0 bridgehead atoms. The Morgan fingerprint density at radius 1 is 1.13 bits per heavy atom. The van der Waals surface area contributed by atoms with E-state index in [4.69, 9.17) is 9.97 Å².